The fourth-order valence-corrected chi connectivity index (χ4v) is 5.39. The Morgan fingerprint density at radius 2 is 1.62 bits per heavy atom. The van der Waals surface area contributed by atoms with E-state index in [1.165, 1.54) is 11.4 Å². The second kappa shape index (κ2) is 10.6. The molecule has 0 aliphatic carbocycles. The van der Waals surface area contributed by atoms with Crippen LogP contribution in [0.5, 0.6) is 0 Å². The van der Waals surface area contributed by atoms with Gasteiger partial charge in [0.15, 0.2) is 0 Å². The number of aromatic nitrogens is 1. The average molecular weight is 535 g/mol. The zero-order valence-corrected chi connectivity index (χ0v) is 22.5. The molecule has 1 heterocycles. The fourth-order valence-electron chi connectivity index (χ4n) is 3.98. The number of carbonyl (C=O) groups is 1. The molecule has 190 valence electrons. The van der Waals surface area contributed by atoms with Crippen molar-refractivity contribution in [3.8, 4) is 5.69 Å². The van der Waals surface area contributed by atoms with Gasteiger partial charge in [-0.05, 0) is 75.4 Å². The first-order chi connectivity index (χ1) is 17.6. The molecule has 1 amide bonds. The molecule has 9 heteroatoms. The molecular weight excluding hydrogens is 508 g/mol. The summed E-state index contributed by atoms with van der Waals surface area (Å²) < 4.78 is 29.1. The van der Waals surface area contributed by atoms with Gasteiger partial charge in [-0.15, -0.1) is 0 Å². The van der Waals surface area contributed by atoms with Crippen molar-refractivity contribution in [3.05, 3.63) is 112 Å². The number of amides is 1. The summed E-state index contributed by atoms with van der Waals surface area (Å²) in [4.78, 5) is 12.8. The quantitative estimate of drug-likeness (QED) is 0.246. The number of hydrazone groups is 1. The van der Waals surface area contributed by atoms with Crippen LogP contribution in [0.1, 0.15) is 32.9 Å². The van der Waals surface area contributed by atoms with E-state index >= 15 is 0 Å². The highest BCUT2D eigenvalue weighted by Gasteiger charge is 2.21. The van der Waals surface area contributed by atoms with Gasteiger partial charge >= 0.3 is 0 Å². The van der Waals surface area contributed by atoms with Crippen LogP contribution in [0, 0.1) is 20.8 Å². The van der Waals surface area contributed by atoms with Crippen LogP contribution in [0.15, 0.2) is 88.9 Å². The van der Waals surface area contributed by atoms with E-state index in [1.54, 1.807) is 54.7 Å². The molecule has 1 N–H and O–H groups in total. The minimum atomic E-state index is -3.72. The third-order valence-electron chi connectivity index (χ3n) is 6.11. The number of rotatable bonds is 7. The van der Waals surface area contributed by atoms with E-state index in [0.29, 0.717) is 16.3 Å². The summed E-state index contributed by atoms with van der Waals surface area (Å²) in [5.41, 5.74) is 7.93. The lowest BCUT2D eigenvalue weighted by molar-refractivity contribution is 0.0955. The number of carbonyl (C=O) groups excluding carboxylic acids is 1. The molecule has 0 saturated heterocycles. The second-order valence-corrected chi connectivity index (χ2v) is 11.0. The van der Waals surface area contributed by atoms with Crippen molar-refractivity contribution < 1.29 is 13.2 Å². The number of benzene rings is 3. The summed E-state index contributed by atoms with van der Waals surface area (Å²) in [6.45, 7) is 5.83. The summed E-state index contributed by atoms with van der Waals surface area (Å²) in [6.07, 6.45) is 1.59. The molecular formula is C28H27ClN4O3S. The van der Waals surface area contributed by atoms with Crippen molar-refractivity contribution >= 4 is 39.4 Å². The molecule has 7 nitrogen and oxygen atoms in total. The highest BCUT2D eigenvalue weighted by molar-refractivity contribution is 7.92. The summed E-state index contributed by atoms with van der Waals surface area (Å²) in [6, 6.07) is 22.5. The fraction of sp³-hybridized carbons (Fsp3) is 0.143. The molecule has 0 atom stereocenters. The molecule has 37 heavy (non-hydrogen) atoms. The van der Waals surface area contributed by atoms with E-state index < -0.39 is 15.9 Å². The number of nitrogens with one attached hydrogen (secondary N) is 1. The maximum absolute atomic E-state index is 12.9. The number of aryl methyl sites for hydroxylation is 2. The van der Waals surface area contributed by atoms with Gasteiger partial charge in [0.25, 0.3) is 15.9 Å². The standard InChI is InChI=1S/C28H27ClN4O3S/c1-19-9-15-25(16-10-19)37(35,36)32(4)24-13-11-22(12-14-24)28(34)31-30-18-23-17-20(2)33(21(23)3)27-8-6-5-7-26(27)29/h5-18H,1-4H3,(H,31,34)/b30-18-. The Balaban J connectivity index is 1.45. The van der Waals surface area contributed by atoms with Gasteiger partial charge < -0.3 is 4.57 Å². The van der Waals surface area contributed by atoms with Crippen LogP contribution >= 0.6 is 11.6 Å². The number of nitrogens with zero attached hydrogens (tertiary/aromatic N) is 3. The van der Waals surface area contributed by atoms with Crippen LogP contribution in [-0.2, 0) is 10.0 Å². The Hall–Kier alpha value is -3.88. The maximum Gasteiger partial charge on any atom is 0.271 e. The maximum atomic E-state index is 12.9. The lowest BCUT2D eigenvalue weighted by atomic mass is 10.2. The van der Waals surface area contributed by atoms with E-state index in [4.69, 9.17) is 11.6 Å². The Morgan fingerprint density at radius 1 is 0.973 bits per heavy atom. The molecule has 3 aromatic carbocycles. The van der Waals surface area contributed by atoms with Gasteiger partial charge in [0.2, 0.25) is 0 Å². The van der Waals surface area contributed by atoms with Gasteiger partial charge in [-0.3, -0.25) is 9.10 Å². The molecule has 1 aromatic heterocycles. The van der Waals surface area contributed by atoms with Crippen molar-refractivity contribution in [2.75, 3.05) is 11.4 Å². The van der Waals surface area contributed by atoms with Crippen LogP contribution in [0.4, 0.5) is 5.69 Å². The lowest BCUT2D eigenvalue weighted by Crippen LogP contribution is -2.26. The molecule has 0 bridgehead atoms. The largest absolute Gasteiger partial charge is 0.316 e. The van der Waals surface area contributed by atoms with Crippen molar-refractivity contribution in [1.29, 1.82) is 0 Å². The van der Waals surface area contributed by atoms with E-state index in [-0.39, 0.29) is 4.90 Å². The molecule has 4 rings (SSSR count). The number of anilines is 1. The highest BCUT2D eigenvalue weighted by atomic mass is 35.5. The zero-order valence-electron chi connectivity index (χ0n) is 20.9. The summed E-state index contributed by atoms with van der Waals surface area (Å²) in [5, 5.41) is 4.76. The Morgan fingerprint density at radius 3 is 2.27 bits per heavy atom. The van der Waals surface area contributed by atoms with Crippen molar-refractivity contribution in [1.82, 2.24) is 9.99 Å². The van der Waals surface area contributed by atoms with Crippen molar-refractivity contribution in [2.24, 2.45) is 5.10 Å². The number of halogens is 1. The van der Waals surface area contributed by atoms with E-state index in [2.05, 4.69) is 10.5 Å². The van der Waals surface area contributed by atoms with Gasteiger partial charge in [-0.1, -0.05) is 41.4 Å². The molecule has 0 spiro atoms. The van der Waals surface area contributed by atoms with Crippen LogP contribution in [0.25, 0.3) is 5.69 Å². The smallest absolute Gasteiger partial charge is 0.271 e. The molecule has 0 aliphatic heterocycles. The Labute approximate surface area is 222 Å². The monoisotopic (exact) mass is 534 g/mol. The summed E-state index contributed by atoms with van der Waals surface area (Å²) >= 11 is 6.37. The van der Waals surface area contributed by atoms with Crippen molar-refractivity contribution in [2.45, 2.75) is 25.7 Å². The first kappa shape index (κ1) is 26.2. The van der Waals surface area contributed by atoms with Crippen LogP contribution in [0.3, 0.4) is 0 Å². The first-order valence-electron chi connectivity index (χ1n) is 11.5. The molecule has 0 unspecified atom stereocenters. The zero-order chi connectivity index (χ0) is 26.7. The predicted octanol–water partition coefficient (Wildman–Crippen LogP) is 5.64. The summed E-state index contributed by atoms with van der Waals surface area (Å²) in [7, 11) is -2.24. The number of hydrogen-bond acceptors (Lipinski definition) is 4. The highest BCUT2D eigenvalue weighted by Crippen LogP contribution is 2.26. The predicted molar refractivity (Wildman–Crippen MR) is 149 cm³/mol. The molecule has 4 aromatic rings. The van der Waals surface area contributed by atoms with Gasteiger partial charge in [0.05, 0.1) is 27.5 Å². The lowest BCUT2D eigenvalue weighted by Gasteiger charge is -2.19. The third-order valence-corrected chi connectivity index (χ3v) is 8.23. The third kappa shape index (κ3) is 5.45. The number of sulfonamides is 1. The van der Waals surface area contributed by atoms with Gasteiger partial charge in [0, 0.05) is 29.6 Å². The Kier molecular flexibility index (Phi) is 7.52. The van der Waals surface area contributed by atoms with Gasteiger partial charge in [0.1, 0.15) is 0 Å². The van der Waals surface area contributed by atoms with E-state index in [0.717, 1.165) is 28.2 Å². The SMILES string of the molecule is Cc1ccc(S(=O)(=O)N(C)c2ccc(C(=O)N/N=C\c3cc(C)n(-c4ccccc4Cl)c3C)cc2)cc1. The van der Waals surface area contributed by atoms with Crippen LogP contribution in [0.2, 0.25) is 5.02 Å². The normalized spacial score (nSPS) is 11.6. The molecule has 0 radical (unpaired) electrons. The minimum absolute atomic E-state index is 0.200. The van der Waals surface area contributed by atoms with E-state index in [9.17, 15) is 13.2 Å². The van der Waals surface area contributed by atoms with Gasteiger partial charge in [-0.2, -0.15) is 5.10 Å². The molecule has 0 aliphatic rings. The van der Waals surface area contributed by atoms with Crippen molar-refractivity contribution in [3.63, 3.8) is 0 Å². The average Bonchev–Trinajstić information content (AvgIpc) is 3.16. The Bertz CT molecular complexity index is 1570. The molecule has 0 saturated carbocycles. The topological polar surface area (TPSA) is 83.8 Å². The minimum Gasteiger partial charge on any atom is -0.316 e. The van der Waals surface area contributed by atoms with Crippen LogP contribution < -0.4 is 9.73 Å². The first-order valence-corrected chi connectivity index (χ1v) is 13.3. The molecule has 0 fully saturated rings. The van der Waals surface area contributed by atoms with Gasteiger partial charge in [-0.25, -0.2) is 13.8 Å². The number of para-hydroxylation sites is 1. The number of hydrogen-bond donors (Lipinski definition) is 1. The second-order valence-electron chi connectivity index (χ2n) is 8.64. The summed E-state index contributed by atoms with van der Waals surface area (Å²) in [5.74, 6) is -0.410. The van der Waals surface area contributed by atoms with Crippen LogP contribution in [-0.4, -0.2) is 32.2 Å². The van der Waals surface area contributed by atoms with E-state index in [1.807, 2.05) is 55.7 Å².